The minimum atomic E-state index is -3.05. The van der Waals surface area contributed by atoms with Crippen LogP contribution < -0.4 is 5.32 Å². The zero-order chi connectivity index (χ0) is 14.3. The molecule has 2 heterocycles. The van der Waals surface area contributed by atoms with Crippen LogP contribution >= 0.6 is 0 Å². The maximum atomic E-state index is 11.8. The quantitative estimate of drug-likeness (QED) is 0.667. The largest absolute Gasteiger partial charge is 0.481 e. The van der Waals surface area contributed by atoms with Crippen LogP contribution in [0.5, 0.6) is 0 Å². The van der Waals surface area contributed by atoms with Gasteiger partial charge in [-0.05, 0) is 13.3 Å². The first-order valence-electron chi connectivity index (χ1n) is 6.16. The molecule has 1 atom stereocenters. The van der Waals surface area contributed by atoms with Gasteiger partial charge in [0.05, 0.1) is 29.5 Å². The molecular formula is C11H18N2O5S. The standard InChI is InChI=1S/C11H18N2O5S/c1-11(2-3-19(17,18)7-11)12-9(14)6-13-4-8(5-13)10(15)16/h8H,2-7H2,1H3,(H,12,14)(H,15,16). The molecular weight excluding hydrogens is 272 g/mol. The molecule has 0 spiro atoms. The van der Waals surface area contributed by atoms with Crippen LogP contribution in [0, 0.1) is 5.92 Å². The summed E-state index contributed by atoms with van der Waals surface area (Å²) in [5.74, 6) is -1.40. The molecule has 2 aliphatic heterocycles. The van der Waals surface area contributed by atoms with Crippen LogP contribution in [-0.2, 0) is 19.4 Å². The smallest absolute Gasteiger partial charge is 0.309 e. The lowest BCUT2D eigenvalue weighted by Crippen LogP contribution is -2.56. The second-order valence-corrected chi connectivity index (χ2v) is 7.86. The number of nitrogens with one attached hydrogen (secondary N) is 1. The van der Waals surface area contributed by atoms with Gasteiger partial charge in [0.2, 0.25) is 5.91 Å². The summed E-state index contributed by atoms with van der Waals surface area (Å²) in [6, 6.07) is 0. The molecule has 0 aromatic carbocycles. The summed E-state index contributed by atoms with van der Waals surface area (Å²) in [5, 5.41) is 11.5. The van der Waals surface area contributed by atoms with E-state index in [0.29, 0.717) is 19.5 Å². The van der Waals surface area contributed by atoms with Gasteiger partial charge >= 0.3 is 5.97 Å². The lowest BCUT2D eigenvalue weighted by Gasteiger charge is -2.36. The first kappa shape index (κ1) is 14.3. The Morgan fingerprint density at radius 2 is 2.05 bits per heavy atom. The molecule has 7 nitrogen and oxygen atoms in total. The van der Waals surface area contributed by atoms with Gasteiger partial charge in [0.1, 0.15) is 0 Å². The van der Waals surface area contributed by atoms with Crippen molar-refractivity contribution in [3.8, 4) is 0 Å². The van der Waals surface area contributed by atoms with E-state index in [1.54, 1.807) is 11.8 Å². The fraction of sp³-hybridized carbons (Fsp3) is 0.818. The van der Waals surface area contributed by atoms with Gasteiger partial charge in [-0.3, -0.25) is 14.5 Å². The predicted molar refractivity (Wildman–Crippen MR) is 67.4 cm³/mol. The number of hydrogen-bond acceptors (Lipinski definition) is 5. The van der Waals surface area contributed by atoms with Crippen molar-refractivity contribution in [3.63, 3.8) is 0 Å². The highest BCUT2D eigenvalue weighted by molar-refractivity contribution is 7.91. The summed E-state index contributed by atoms with van der Waals surface area (Å²) in [5.41, 5.74) is -0.688. The maximum absolute atomic E-state index is 11.8. The van der Waals surface area contributed by atoms with Crippen molar-refractivity contribution < 1.29 is 23.1 Å². The Labute approximate surface area is 111 Å². The summed E-state index contributed by atoms with van der Waals surface area (Å²) < 4.78 is 22.8. The highest BCUT2D eigenvalue weighted by Crippen LogP contribution is 2.23. The molecule has 2 aliphatic rings. The highest BCUT2D eigenvalue weighted by Gasteiger charge is 2.40. The number of amides is 1. The lowest BCUT2D eigenvalue weighted by molar-refractivity contribution is -0.149. The second kappa shape index (κ2) is 4.75. The Morgan fingerprint density at radius 3 is 2.53 bits per heavy atom. The molecule has 0 saturated carbocycles. The zero-order valence-electron chi connectivity index (χ0n) is 10.8. The van der Waals surface area contributed by atoms with Gasteiger partial charge in [-0.25, -0.2) is 8.42 Å². The zero-order valence-corrected chi connectivity index (χ0v) is 11.6. The predicted octanol–water partition coefficient (Wildman–Crippen LogP) is -1.30. The summed E-state index contributed by atoms with van der Waals surface area (Å²) >= 11 is 0. The van der Waals surface area contributed by atoms with Gasteiger partial charge in [0, 0.05) is 13.1 Å². The molecule has 8 heteroatoms. The van der Waals surface area contributed by atoms with E-state index in [0.717, 1.165) is 0 Å². The molecule has 2 rings (SSSR count). The van der Waals surface area contributed by atoms with Crippen LogP contribution in [0.1, 0.15) is 13.3 Å². The highest BCUT2D eigenvalue weighted by atomic mass is 32.2. The summed E-state index contributed by atoms with van der Waals surface area (Å²) in [7, 11) is -3.05. The minimum absolute atomic E-state index is 0.0243. The fourth-order valence-corrected chi connectivity index (χ4v) is 4.64. The topological polar surface area (TPSA) is 104 Å². The van der Waals surface area contributed by atoms with Crippen LogP contribution in [0.15, 0.2) is 0 Å². The number of likely N-dealkylation sites (tertiary alicyclic amines) is 1. The van der Waals surface area contributed by atoms with Gasteiger partial charge in [-0.1, -0.05) is 0 Å². The Bertz CT molecular complexity index is 497. The Hall–Kier alpha value is -1.15. The summed E-state index contributed by atoms with van der Waals surface area (Å²) in [6.45, 7) is 2.60. The molecule has 2 fully saturated rings. The molecule has 0 radical (unpaired) electrons. The number of carboxylic acids is 1. The molecule has 1 amide bonds. The first-order valence-corrected chi connectivity index (χ1v) is 7.98. The van der Waals surface area contributed by atoms with Crippen LogP contribution in [0.2, 0.25) is 0 Å². The number of hydrogen-bond donors (Lipinski definition) is 2. The van der Waals surface area contributed by atoms with Crippen LogP contribution in [0.3, 0.4) is 0 Å². The van der Waals surface area contributed by atoms with Crippen molar-refractivity contribution in [1.29, 1.82) is 0 Å². The van der Waals surface area contributed by atoms with Crippen LogP contribution in [0.25, 0.3) is 0 Å². The molecule has 2 saturated heterocycles. The number of carboxylic acid groups (broad SMARTS) is 1. The van der Waals surface area contributed by atoms with E-state index in [1.807, 2.05) is 0 Å². The van der Waals surface area contributed by atoms with Crippen molar-refractivity contribution in [2.45, 2.75) is 18.9 Å². The van der Waals surface area contributed by atoms with Gasteiger partial charge < -0.3 is 10.4 Å². The number of carbonyl (C=O) groups is 2. The minimum Gasteiger partial charge on any atom is -0.481 e. The Morgan fingerprint density at radius 1 is 1.42 bits per heavy atom. The Balaban J connectivity index is 1.78. The normalized spacial score (nSPS) is 30.8. The third-order valence-electron chi connectivity index (χ3n) is 3.62. The number of nitrogens with zero attached hydrogens (tertiary/aromatic N) is 1. The summed E-state index contributed by atoms with van der Waals surface area (Å²) in [6.07, 6.45) is 0.429. The molecule has 0 aliphatic carbocycles. The second-order valence-electron chi connectivity index (χ2n) is 5.68. The van der Waals surface area contributed by atoms with Gasteiger partial charge in [0.15, 0.2) is 9.84 Å². The van der Waals surface area contributed by atoms with Crippen molar-refractivity contribution >= 4 is 21.7 Å². The van der Waals surface area contributed by atoms with Crippen molar-refractivity contribution in [2.24, 2.45) is 5.92 Å². The monoisotopic (exact) mass is 290 g/mol. The maximum Gasteiger partial charge on any atom is 0.309 e. The molecule has 1 unspecified atom stereocenters. The van der Waals surface area contributed by atoms with E-state index < -0.39 is 27.3 Å². The number of carbonyl (C=O) groups excluding carboxylic acids is 1. The molecule has 0 aromatic heterocycles. The van der Waals surface area contributed by atoms with E-state index in [4.69, 9.17) is 5.11 Å². The molecule has 0 aromatic rings. The molecule has 0 bridgehead atoms. The van der Waals surface area contributed by atoms with E-state index in [2.05, 4.69) is 5.32 Å². The van der Waals surface area contributed by atoms with Gasteiger partial charge in [-0.15, -0.1) is 0 Å². The average Bonchev–Trinajstić information content (AvgIpc) is 2.45. The third-order valence-corrected chi connectivity index (χ3v) is 5.52. The number of rotatable bonds is 4. The van der Waals surface area contributed by atoms with Gasteiger partial charge in [-0.2, -0.15) is 0 Å². The number of sulfone groups is 1. The van der Waals surface area contributed by atoms with Crippen LogP contribution in [-0.4, -0.2) is 67.0 Å². The van der Waals surface area contributed by atoms with Crippen molar-refractivity contribution in [1.82, 2.24) is 10.2 Å². The van der Waals surface area contributed by atoms with Crippen molar-refractivity contribution in [2.75, 3.05) is 31.1 Å². The summed E-state index contributed by atoms with van der Waals surface area (Å²) in [4.78, 5) is 24.2. The Kier molecular flexibility index (Phi) is 3.57. The van der Waals surface area contributed by atoms with E-state index in [9.17, 15) is 18.0 Å². The van der Waals surface area contributed by atoms with E-state index >= 15 is 0 Å². The van der Waals surface area contributed by atoms with Crippen LogP contribution in [0.4, 0.5) is 0 Å². The number of aliphatic carboxylic acids is 1. The molecule has 2 N–H and O–H groups in total. The molecule has 19 heavy (non-hydrogen) atoms. The van der Waals surface area contributed by atoms with E-state index in [-0.39, 0.29) is 24.0 Å². The lowest BCUT2D eigenvalue weighted by atomic mass is 10.00. The van der Waals surface area contributed by atoms with Gasteiger partial charge in [0.25, 0.3) is 0 Å². The first-order chi connectivity index (χ1) is 8.69. The molecule has 108 valence electrons. The SMILES string of the molecule is CC1(NC(=O)CN2CC(C(=O)O)C2)CCS(=O)(=O)C1. The van der Waals surface area contributed by atoms with E-state index in [1.165, 1.54) is 0 Å². The third kappa shape index (κ3) is 3.44. The van der Waals surface area contributed by atoms with Crippen molar-refractivity contribution in [3.05, 3.63) is 0 Å². The fourth-order valence-electron chi connectivity index (χ4n) is 2.54. The average molecular weight is 290 g/mol.